The molecule has 0 radical (unpaired) electrons. The first-order valence-corrected chi connectivity index (χ1v) is 20.8. The monoisotopic (exact) mass is 884 g/mol. The van der Waals surface area contributed by atoms with Crippen molar-refractivity contribution in [2.75, 3.05) is 10.6 Å². The molecule has 2 aromatic rings. The van der Waals surface area contributed by atoms with Gasteiger partial charge in [-0.05, 0) is 91.5 Å². The Kier molecular flexibility index (Phi) is 13.0. The minimum Gasteiger partial charge on any atom is -0.443 e. The predicted octanol–water partition coefficient (Wildman–Crippen LogP) is 4.70. The molecule has 2 unspecified atom stereocenters. The molecule has 20 nitrogen and oxygen atoms in total. The van der Waals surface area contributed by atoms with Gasteiger partial charge in [0.1, 0.15) is 23.3 Å². The van der Waals surface area contributed by atoms with Gasteiger partial charge in [0.2, 0.25) is 23.6 Å². The van der Waals surface area contributed by atoms with Crippen LogP contribution in [0.1, 0.15) is 147 Å². The molecule has 4 aliphatic rings. The Morgan fingerprint density at radius 1 is 0.547 bits per heavy atom. The Morgan fingerprint density at radius 2 is 0.906 bits per heavy atom. The second-order valence-corrected chi connectivity index (χ2v) is 17.6. The smallest absolute Gasteiger partial charge is 0.424 e. The van der Waals surface area contributed by atoms with Crippen LogP contribution in [0.3, 0.4) is 0 Å². The number of likely N-dealkylation sites (tertiary alicyclic amines) is 2. The molecule has 2 atom stereocenters. The van der Waals surface area contributed by atoms with Crippen LogP contribution in [-0.2, 0) is 38.2 Å². The first-order valence-electron chi connectivity index (χ1n) is 20.8. The van der Waals surface area contributed by atoms with Gasteiger partial charge in [-0.25, -0.2) is 9.59 Å². The van der Waals surface area contributed by atoms with E-state index in [0.717, 1.165) is 0 Å². The van der Waals surface area contributed by atoms with Crippen LogP contribution in [0.5, 0.6) is 0 Å². The van der Waals surface area contributed by atoms with Crippen LogP contribution in [0.4, 0.5) is 21.0 Å². The van der Waals surface area contributed by atoms with Crippen LogP contribution >= 0.6 is 0 Å². The van der Waals surface area contributed by atoms with Crippen LogP contribution < -0.4 is 10.6 Å². The summed E-state index contributed by atoms with van der Waals surface area (Å²) >= 11 is 0. The van der Waals surface area contributed by atoms with Crippen molar-refractivity contribution in [3.8, 4) is 0 Å². The molecule has 2 saturated heterocycles. The van der Waals surface area contributed by atoms with Crippen molar-refractivity contribution in [3.05, 3.63) is 58.7 Å². The summed E-state index contributed by atoms with van der Waals surface area (Å²) in [6, 6.07) is 5.62. The maximum atomic E-state index is 13.7. The van der Waals surface area contributed by atoms with E-state index in [0.29, 0.717) is 45.3 Å². The van der Waals surface area contributed by atoms with Crippen LogP contribution in [-0.4, -0.2) is 114 Å². The van der Waals surface area contributed by atoms with Crippen molar-refractivity contribution in [1.29, 1.82) is 0 Å². The summed E-state index contributed by atoms with van der Waals surface area (Å²) in [6.45, 7) is 9.31. The average Bonchev–Trinajstić information content (AvgIpc) is 3.59. The lowest BCUT2D eigenvalue weighted by Crippen LogP contribution is -2.58. The largest absolute Gasteiger partial charge is 0.443 e. The van der Waals surface area contributed by atoms with E-state index in [-0.39, 0.29) is 72.2 Å². The topological polar surface area (TPSA) is 260 Å². The highest BCUT2D eigenvalue weighted by Crippen LogP contribution is 2.36. The SMILES string of the molecule is CC(C)(C)OC(=O)N1C(=O)CCC(N2C(=O)c3cccc(NC(=O)CCCCCCC(=O)Nc4cccc5c4C(=O)N(C4CCC(=O)N(C(=O)OC(C)(C)C)C4=O)C5=O)c3C2=O)C1=O. The third-order valence-electron chi connectivity index (χ3n) is 10.5. The minimum atomic E-state index is -1.46. The van der Waals surface area contributed by atoms with Gasteiger partial charge in [0.05, 0.1) is 33.6 Å². The van der Waals surface area contributed by atoms with Crippen molar-refractivity contribution in [2.45, 2.75) is 129 Å². The third-order valence-corrected chi connectivity index (χ3v) is 10.5. The van der Waals surface area contributed by atoms with Crippen LogP contribution in [0.25, 0.3) is 0 Å². The van der Waals surface area contributed by atoms with E-state index in [1.165, 1.54) is 36.4 Å². The standard InChI is InChI=1S/C44H48N6O14/c1-43(2,3)63-41(61)49-31(53)21-19-27(37(49)57)47-35(55)23-13-11-15-25(33(23)39(47)59)45-29(51)17-9-7-8-10-18-30(52)46-26-16-12-14-24-34(26)40(60)48(36(24)56)28-20-22-32(54)50(38(28)58)42(62)64-44(4,5)6/h11-16,27-28H,7-10,17-22H2,1-6H3,(H,45,51)(H,46,52). The maximum absolute atomic E-state index is 13.7. The Hall–Kier alpha value is -7.12. The fraction of sp³-hybridized carbons (Fsp3) is 0.455. The molecule has 0 aromatic heterocycles. The Bertz CT molecular complexity index is 2250. The van der Waals surface area contributed by atoms with Crippen LogP contribution in [0.2, 0.25) is 0 Å². The number of carbonyl (C=O) groups is 12. The normalized spacial score (nSPS) is 19.0. The summed E-state index contributed by atoms with van der Waals surface area (Å²) in [6.07, 6.45) is -1.57. The van der Waals surface area contributed by atoms with E-state index < -0.39 is 94.5 Å². The second-order valence-electron chi connectivity index (χ2n) is 17.6. The summed E-state index contributed by atoms with van der Waals surface area (Å²) in [5.41, 5.74) is -2.36. The second kappa shape index (κ2) is 17.9. The molecule has 0 spiro atoms. The Morgan fingerprint density at radius 3 is 1.25 bits per heavy atom. The molecule has 2 fully saturated rings. The van der Waals surface area contributed by atoms with E-state index >= 15 is 0 Å². The summed E-state index contributed by atoms with van der Waals surface area (Å²) in [5, 5.41) is 5.31. The number of benzene rings is 2. The average molecular weight is 885 g/mol. The molecule has 2 N–H and O–H groups in total. The molecule has 6 rings (SSSR count). The molecule has 12 amide bonds. The van der Waals surface area contributed by atoms with Crippen molar-refractivity contribution in [1.82, 2.24) is 19.6 Å². The zero-order valence-electron chi connectivity index (χ0n) is 36.2. The fourth-order valence-corrected chi connectivity index (χ4v) is 7.74. The molecule has 20 heteroatoms. The van der Waals surface area contributed by atoms with Gasteiger partial charge in [0, 0.05) is 25.7 Å². The quantitative estimate of drug-likeness (QED) is 0.229. The van der Waals surface area contributed by atoms with Gasteiger partial charge in [0.15, 0.2) is 0 Å². The lowest BCUT2D eigenvalue weighted by atomic mass is 10.0. The number of hydrogen-bond donors (Lipinski definition) is 2. The third kappa shape index (κ3) is 9.44. The number of imide groups is 8. The molecule has 4 heterocycles. The number of unbranched alkanes of at least 4 members (excludes halogenated alkanes) is 3. The number of anilines is 2. The highest BCUT2D eigenvalue weighted by molar-refractivity contribution is 6.28. The maximum Gasteiger partial charge on any atom is 0.424 e. The zero-order valence-corrected chi connectivity index (χ0v) is 36.2. The van der Waals surface area contributed by atoms with E-state index in [2.05, 4.69) is 10.6 Å². The molecular weight excluding hydrogens is 837 g/mol. The van der Waals surface area contributed by atoms with Crippen molar-refractivity contribution < 1.29 is 67.0 Å². The fourth-order valence-electron chi connectivity index (χ4n) is 7.74. The van der Waals surface area contributed by atoms with Gasteiger partial charge in [-0.1, -0.05) is 25.0 Å². The number of piperidine rings is 2. The van der Waals surface area contributed by atoms with Gasteiger partial charge >= 0.3 is 12.2 Å². The number of amides is 12. The van der Waals surface area contributed by atoms with E-state index in [1.54, 1.807) is 41.5 Å². The zero-order chi connectivity index (χ0) is 47.0. The molecule has 2 aromatic carbocycles. The highest BCUT2D eigenvalue weighted by Gasteiger charge is 2.52. The summed E-state index contributed by atoms with van der Waals surface area (Å²) in [4.78, 5) is 160. The highest BCUT2D eigenvalue weighted by atomic mass is 16.6. The predicted molar refractivity (Wildman–Crippen MR) is 221 cm³/mol. The molecule has 0 aliphatic carbocycles. The summed E-state index contributed by atoms with van der Waals surface area (Å²) in [5.74, 6) is -8.11. The Labute approximate surface area is 366 Å². The van der Waals surface area contributed by atoms with Crippen LogP contribution in [0, 0.1) is 0 Å². The number of fused-ring (bicyclic) bond motifs is 2. The molecule has 0 saturated carbocycles. The van der Waals surface area contributed by atoms with E-state index in [4.69, 9.17) is 9.47 Å². The lowest BCUT2D eigenvalue weighted by Gasteiger charge is -2.34. The molecule has 4 aliphatic heterocycles. The van der Waals surface area contributed by atoms with Crippen molar-refractivity contribution >= 4 is 82.6 Å². The lowest BCUT2D eigenvalue weighted by molar-refractivity contribution is -0.151. The van der Waals surface area contributed by atoms with Gasteiger partial charge in [0.25, 0.3) is 35.4 Å². The van der Waals surface area contributed by atoms with E-state index in [9.17, 15) is 57.5 Å². The van der Waals surface area contributed by atoms with Crippen LogP contribution in [0.15, 0.2) is 36.4 Å². The number of nitrogens with one attached hydrogen (secondary N) is 2. The first-order chi connectivity index (χ1) is 30.0. The van der Waals surface area contributed by atoms with Crippen molar-refractivity contribution in [3.63, 3.8) is 0 Å². The summed E-state index contributed by atoms with van der Waals surface area (Å²) < 4.78 is 10.4. The van der Waals surface area contributed by atoms with Gasteiger partial charge in [-0.15, -0.1) is 0 Å². The van der Waals surface area contributed by atoms with Gasteiger partial charge in [-0.3, -0.25) is 57.7 Å². The van der Waals surface area contributed by atoms with E-state index in [1.807, 2.05) is 0 Å². The number of nitrogens with zero attached hydrogens (tertiary/aromatic N) is 4. The minimum absolute atomic E-state index is 0.0196. The number of ether oxygens (including phenoxy) is 2. The molecule has 64 heavy (non-hydrogen) atoms. The number of hydrogen-bond acceptors (Lipinski definition) is 14. The number of carbonyl (C=O) groups excluding carboxylic acids is 12. The Balaban J connectivity index is 0.984. The summed E-state index contributed by atoms with van der Waals surface area (Å²) in [7, 11) is 0. The molecule has 0 bridgehead atoms. The van der Waals surface area contributed by atoms with Crippen molar-refractivity contribution in [2.24, 2.45) is 0 Å². The molecule has 338 valence electrons. The first kappa shape index (κ1) is 46.4. The van der Waals surface area contributed by atoms with Gasteiger partial charge < -0.3 is 20.1 Å². The van der Waals surface area contributed by atoms with Gasteiger partial charge in [-0.2, -0.15) is 9.80 Å². The molecular formula is C44H48N6O14. The number of rotatable bonds is 11.